The van der Waals surface area contributed by atoms with Gasteiger partial charge in [-0.1, -0.05) is 26.2 Å². The number of anilines is 1. The van der Waals surface area contributed by atoms with Crippen molar-refractivity contribution in [3.05, 3.63) is 11.8 Å². The van der Waals surface area contributed by atoms with Gasteiger partial charge in [-0.15, -0.1) is 0 Å². The Labute approximate surface area is 109 Å². The smallest absolute Gasteiger partial charge is 0.226 e. The van der Waals surface area contributed by atoms with Gasteiger partial charge in [0, 0.05) is 18.3 Å². The zero-order valence-corrected chi connectivity index (χ0v) is 11.6. The Morgan fingerprint density at radius 3 is 2.83 bits per heavy atom. The summed E-state index contributed by atoms with van der Waals surface area (Å²) < 4.78 is 5.16. The molecule has 100 valence electrons. The van der Waals surface area contributed by atoms with Crippen LogP contribution in [0.3, 0.4) is 0 Å². The molecule has 0 saturated heterocycles. The van der Waals surface area contributed by atoms with Crippen molar-refractivity contribution in [3.63, 3.8) is 0 Å². The fourth-order valence-corrected chi connectivity index (χ4v) is 2.64. The predicted octanol–water partition coefficient (Wildman–Crippen LogP) is 3.03. The molecule has 1 saturated carbocycles. The lowest BCUT2D eigenvalue weighted by molar-refractivity contribution is 0.268. The molecular weight excluding hydrogens is 226 g/mol. The molecule has 0 bridgehead atoms. The lowest BCUT2D eigenvalue weighted by atomic mass is 9.80. The second-order valence-corrected chi connectivity index (χ2v) is 5.28. The topological polar surface area (TPSA) is 47.0 Å². The highest BCUT2D eigenvalue weighted by atomic mass is 16.5. The Morgan fingerprint density at radius 1 is 1.33 bits per heavy atom. The highest BCUT2D eigenvalue weighted by Gasteiger charge is 2.21. The van der Waals surface area contributed by atoms with Crippen LogP contribution in [0.5, 0.6) is 5.88 Å². The van der Waals surface area contributed by atoms with E-state index in [1.54, 1.807) is 7.11 Å². The molecule has 2 atom stereocenters. The molecule has 0 aliphatic heterocycles. The van der Waals surface area contributed by atoms with Gasteiger partial charge in [0.2, 0.25) is 11.8 Å². The van der Waals surface area contributed by atoms with Gasteiger partial charge < -0.3 is 10.1 Å². The molecule has 2 rings (SSSR count). The number of nitrogens with one attached hydrogen (secondary N) is 1. The van der Waals surface area contributed by atoms with Crippen LogP contribution in [0, 0.1) is 18.8 Å². The van der Waals surface area contributed by atoms with E-state index in [4.69, 9.17) is 4.74 Å². The van der Waals surface area contributed by atoms with Gasteiger partial charge in [-0.2, -0.15) is 4.98 Å². The van der Waals surface area contributed by atoms with Gasteiger partial charge in [-0.25, -0.2) is 4.98 Å². The first-order valence-electron chi connectivity index (χ1n) is 6.82. The maximum Gasteiger partial charge on any atom is 0.226 e. The minimum absolute atomic E-state index is 0.627. The third kappa shape index (κ3) is 3.34. The molecule has 0 amide bonds. The van der Waals surface area contributed by atoms with Gasteiger partial charge in [0.05, 0.1) is 7.11 Å². The number of hydrogen-bond donors (Lipinski definition) is 1. The van der Waals surface area contributed by atoms with Crippen molar-refractivity contribution in [2.75, 3.05) is 19.0 Å². The molecule has 18 heavy (non-hydrogen) atoms. The fourth-order valence-electron chi connectivity index (χ4n) is 2.64. The Bertz CT molecular complexity index is 395. The van der Waals surface area contributed by atoms with Crippen LogP contribution in [-0.2, 0) is 0 Å². The average molecular weight is 249 g/mol. The number of nitrogens with zero attached hydrogens (tertiary/aromatic N) is 2. The van der Waals surface area contributed by atoms with E-state index in [1.807, 2.05) is 13.0 Å². The minimum atomic E-state index is 0.627. The number of aryl methyl sites for hydroxylation is 1. The van der Waals surface area contributed by atoms with E-state index in [2.05, 4.69) is 22.2 Å². The summed E-state index contributed by atoms with van der Waals surface area (Å²) in [6.45, 7) is 5.27. The van der Waals surface area contributed by atoms with E-state index in [0.29, 0.717) is 11.8 Å². The quantitative estimate of drug-likeness (QED) is 0.891. The average Bonchev–Trinajstić information content (AvgIpc) is 2.37. The van der Waals surface area contributed by atoms with Crippen LogP contribution in [0.25, 0.3) is 0 Å². The summed E-state index contributed by atoms with van der Waals surface area (Å²) >= 11 is 0. The monoisotopic (exact) mass is 249 g/mol. The lowest BCUT2D eigenvalue weighted by Gasteiger charge is -2.28. The van der Waals surface area contributed by atoms with Crippen molar-refractivity contribution in [1.29, 1.82) is 0 Å². The summed E-state index contributed by atoms with van der Waals surface area (Å²) in [7, 11) is 1.63. The van der Waals surface area contributed by atoms with Crippen molar-refractivity contribution in [1.82, 2.24) is 9.97 Å². The van der Waals surface area contributed by atoms with Crippen molar-refractivity contribution in [2.24, 2.45) is 11.8 Å². The number of ether oxygens (including phenoxy) is 1. The molecule has 1 fully saturated rings. The van der Waals surface area contributed by atoms with Gasteiger partial charge in [0.1, 0.15) is 0 Å². The number of methoxy groups -OCH3 is 1. The lowest BCUT2D eigenvalue weighted by Crippen LogP contribution is -2.25. The van der Waals surface area contributed by atoms with E-state index in [0.717, 1.165) is 24.1 Å². The molecule has 1 aliphatic rings. The van der Waals surface area contributed by atoms with Crippen LogP contribution in [0.1, 0.15) is 38.3 Å². The Morgan fingerprint density at radius 2 is 2.11 bits per heavy atom. The van der Waals surface area contributed by atoms with E-state index in [1.165, 1.54) is 25.7 Å². The maximum absolute atomic E-state index is 5.16. The van der Waals surface area contributed by atoms with Crippen LogP contribution in [0.2, 0.25) is 0 Å². The molecule has 4 heteroatoms. The second kappa shape index (κ2) is 6.03. The molecule has 0 aromatic carbocycles. The molecule has 4 nitrogen and oxygen atoms in total. The zero-order valence-electron chi connectivity index (χ0n) is 11.6. The molecule has 1 heterocycles. The molecular formula is C14H23N3O. The molecule has 1 N–H and O–H groups in total. The summed E-state index contributed by atoms with van der Waals surface area (Å²) in [4.78, 5) is 8.71. The van der Waals surface area contributed by atoms with E-state index >= 15 is 0 Å². The third-order valence-corrected chi connectivity index (χ3v) is 3.85. The SMILES string of the molecule is COc1cc(C)nc(NCC2CCCCC2C)n1. The van der Waals surface area contributed by atoms with Gasteiger partial charge in [-0.05, 0) is 25.2 Å². The highest BCUT2D eigenvalue weighted by molar-refractivity contribution is 5.30. The normalized spacial score (nSPS) is 23.7. The molecule has 1 aliphatic carbocycles. The van der Waals surface area contributed by atoms with Crippen LogP contribution >= 0.6 is 0 Å². The van der Waals surface area contributed by atoms with Crippen molar-refractivity contribution in [3.8, 4) is 5.88 Å². The van der Waals surface area contributed by atoms with Gasteiger partial charge in [0.15, 0.2) is 0 Å². The summed E-state index contributed by atoms with van der Waals surface area (Å²) in [6, 6.07) is 1.84. The van der Waals surface area contributed by atoms with Crippen molar-refractivity contribution >= 4 is 5.95 Å². The zero-order chi connectivity index (χ0) is 13.0. The maximum atomic E-state index is 5.16. The summed E-state index contributed by atoms with van der Waals surface area (Å²) in [5.41, 5.74) is 0.932. The van der Waals surface area contributed by atoms with Crippen LogP contribution in [0.4, 0.5) is 5.95 Å². The number of hydrogen-bond acceptors (Lipinski definition) is 4. The first-order chi connectivity index (χ1) is 8.69. The predicted molar refractivity (Wildman–Crippen MR) is 72.9 cm³/mol. The molecule has 0 radical (unpaired) electrons. The van der Waals surface area contributed by atoms with E-state index < -0.39 is 0 Å². The summed E-state index contributed by atoms with van der Waals surface area (Å²) in [5, 5.41) is 3.36. The summed E-state index contributed by atoms with van der Waals surface area (Å²) in [6.07, 6.45) is 5.41. The first-order valence-corrected chi connectivity index (χ1v) is 6.82. The van der Waals surface area contributed by atoms with Crippen LogP contribution in [-0.4, -0.2) is 23.6 Å². The van der Waals surface area contributed by atoms with E-state index in [9.17, 15) is 0 Å². The summed E-state index contributed by atoms with van der Waals surface area (Å²) in [5.74, 6) is 2.86. The van der Waals surface area contributed by atoms with E-state index in [-0.39, 0.29) is 0 Å². The molecule has 2 unspecified atom stereocenters. The first kappa shape index (κ1) is 13.1. The van der Waals surface area contributed by atoms with Crippen molar-refractivity contribution < 1.29 is 4.74 Å². The largest absolute Gasteiger partial charge is 0.481 e. The van der Waals surface area contributed by atoms with Gasteiger partial charge in [-0.3, -0.25) is 0 Å². The van der Waals surface area contributed by atoms with Gasteiger partial charge >= 0.3 is 0 Å². The molecule has 1 aromatic heterocycles. The Kier molecular flexibility index (Phi) is 4.39. The minimum Gasteiger partial charge on any atom is -0.481 e. The van der Waals surface area contributed by atoms with Crippen LogP contribution < -0.4 is 10.1 Å². The third-order valence-electron chi connectivity index (χ3n) is 3.85. The molecule has 1 aromatic rings. The number of rotatable bonds is 4. The van der Waals surface area contributed by atoms with Gasteiger partial charge in [0.25, 0.3) is 0 Å². The second-order valence-electron chi connectivity index (χ2n) is 5.28. The standard InChI is InChI=1S/C14H23N3O/c1-10-6-4-5-7-12(10)9-15-14-16-11(2)8-13(17-14)18-3/h8,10,12H,4-7,9H2,1-3H3,(H,15,16,17). The van der Waals surface area contributed by atoms with Crippen LogP contribution in [0.15, 0.2) is 6.07 Å². The Hall–Kier alpha value is -1.32. The van der Waals surface area contributed by atoms with Crippen molar-refractivity contribution in [2.45, 2.75) is 39.5 Å². The molecule has 0 spiro atoms. The fraction of sp³-hybridized carbons (Fsp3) is 0.714. The number of aromatic nitrogens is 2. The highest BCUT2D eigenvalue weighted by Crippen LogP contribution is 2.29. The Balaban J connectivity index is 1.94.